The van der Waals surface area contributed by atoms with Crippen LogP contribution in [0.1, 0.15) is 13.8 Å². The molecule has 0 aliphatic carbocycles. The molecule has 3 heteroatoms. The van der Waals surface area contributed by atoms with E-state index in [2.05, 4.69) is 35.9 Å². The molecule has 3 rings (SSSR count). The van der Waals surface area contributed by atoms with E-state index in [9.17, 15) is 0 Å². The first-order valence-electron chi connectivity index (χ1n) is 6.55. The van der Waals surface area contributed by atoms with Crippen LogP contribution in [-0.2, 0) is 0 Å². The van der Waals surface area contributed by atoms with E-state index < -0.39 is 0 Å². The van der Waals surface area contributed by atoms with Gasteiger partial charge in [0, 0.05) is 30.4 Å². The molecule has 3 nitrogen and oxygen atoms in total. The van der Waals surface area contributed by atoms with Crippen LogP contribution < -0.4 is 10.6 Å². The minimum atomic E-state index is 0.745. The average molecular weight is 241 g/mol. The predicted molar refractivity (Wildman–Crippen MR) is 76.7 cm³/mol. The fourth-order valence-corrected chi connectivity index (χ4v) is 2.78. The van der Waals surface area contributed by atoms with E-state index >= 15 is 0 Å². The summed E-state index contributed by atoms with van der Waals surface area (Å²) in [6.07, 6.45) is 1.80. The second kappa shape index (κ2) is 4.16. The smallest absolute Gasteiger partial charge is 0.0951 e. The summed E-state index contributed by atoms with van der Waals surface area (Å²) in [4.78, 5) is 6.86. The summed E-state index contributed by atoms with van der Waals surface area (Å²) in [5.74, 6) is 1.49. The molecule has 2 atom stereocenters. The zero-order chi connectivity index (χ0) is 12.7. The van der Waals surface area contributed by atoms with E-state index in [1.807, 2.05) is 12.1 Å². The minimum absolute atomic E-state index is 0.745. The Morgan fingerprint density at radius 1 is 1.17 bits per heavy atom. The molecule has 18 heavy (non-hydrogen) atoms. The maximum Gasteiger partial charge on any atom is 0.0951 e. The Labute approximate surface area is 108 Å². The van der Waals surface area contributed by atoms with E-state index in [0.717, 1.165) is 36.1 Å². The van der Waals surface area contributed by atoms with Crippen molar-refractivity contribution in [2.45, 2.75) is 13.8 Å². The van der Waals surface area contributed by atoms with Gasteiger partial charge in [0.1, 0.15) is 0 Å². The molecule has 0 saturated carbocycles. The molecule has 0 bridgehead atoms. The van der Waals surface area contributed by atoms with Gasteiger partial charge in [-0.15, -0.1) is 0 Å². The van der Waals surface area contributed by atoms with Gasteiger partial charge in [-0.2, -0.15) is 0 Å². The molecule has 1 aliphatic rings. The van der Waals surface area contributed by atoms with E-state index in [1.165, 1.54) is 11.1 Å². The monoisotopic (exact) mass is 241 g/mol. The molecule has 2 aromatic rings. The first kappa shape index (κ1) is 11.3. The number of aromatic nitrogens is 1. The zero-order valence-corrected chi connectivity index (χ0v) is 10.9. The third-order valence-electron chi connectivity index (χ3n) is 4.11. The number of fused-ring (bicyclic) bond motifs is 1. The van der Waals surface area contributed by atoms with Gasteiger partial charge in [0.15, 0.2) is 0 Å². The highest BCUT2D eigenvalue weighted by atomic mass is 15.2. The second-order valence-electron chi connectivity index (χ2n) is 5.43. The van der Waals surface area contributed by atoms with Gasteiger partial charge in [-0.25, -0.2) is 0 Å². The fraction of sp³-hybridized carbons (Fsp3) is 0.400. The molecule has 1 fully saturated rings. The number of rotatable bonds is 1. The number of nitrogen functional groups attached to an aromatic ring is 1. The Balaban J connectivity index is 2.10. The van der Waals surface area contributed by atoms with E-state index in [-0.39, 0.29) is 0 Å². The number of benzene rings is 1. The highest BCUT2D eigenvalue weighted by molar-refractivity contribution is 5.98. The third-order valence-corrected chi connectivity index (χ3v) is 4.11. The van der Waals surface area contributed by atoms with Crippen molar-refractivity contribution in [2.24, 2.45) is 11.8 Å². The lowest BCUT2D eigenvalue weighted by Gasteiger charge is -2.20. The molecular weight excluding hydrogens is 222 g/mol. The Morgan fingerprint density at radius 3 is 2.61 bits per heavy atom. The first-order chi connectivity index (χ1) is 8.66. The van der Waals surface area contributed by atoms with Crippen LogP contribution in [0.5, 0.6) is 0 Å². The van der Waals surface area contributed by atoms with Crippen molar-refractivity contribution >= 4 is 22.3 Å². The molecule has 2 heterocycles. The third kappa shape index (κ3) is 1.70. The van der Waals surface area contributed by atoms with Crippen LogP contribution in [-0.4, -0.2) is 18.1 Å². The van der Waals surface area contributed by atoms with E-state index in [4.69, 9.17) is 5.73 Å². The van der Waals surface area contributed by atoms with Gasteiger partial charge in [0.2, 0.25) is 0 Å². The van der Waals surface area contributed by atoms with Crippen molar-refractivity contribution in [3.8, 4) is 0 Å². The lowest BCUT2D eigenvalue weighted by Crippen LogP contribution is -2.19. The highest BCUT2D eigenvalue weighted by Crippen LogP contribution is 2.34. The SMILES string of the molecule is CC1CN(c2ccc(N)c3ncccc23)CC1C. The Bertz CT molecular complexity index is 569. The number of anilines is 2. The standard InChI is InChI=1S/C15H19N3/c1-10-8-18(9-11(10)2)14-6-5-13(16)15-12(14)4-3-7-17-15/h3-7,10-11H,8-9,16H2,1-2H3. The zero-order valence-electron chi connectivity index (χ0n) is 10.9. The molecule has 0 radical (unpaired) electrons. The molecule has 2 unspecified atom stereocenters. The summed E-state index contributed by atoms with van der Waals surface area (Å²) in [5.41, 5.74) is 8.94. The van der Waals surface area contributed by atoms with Gasteiger partial charge in [-0.1, -0.05) is 13.8 Å². The molecule has 1 aromatic heterocycles. The van der Waals surface area contributed by atoms with Crippen LogP contribution >= 0.6 is 0 Å². The maximum atomic E-state index is 6.00. The number of hydrogen-bond acceptors (Lipinski definition) is 3. The van der Waals surface area contributed by atoms with Gasteiger partial charge < -0.3 is 10.6 Å². The summed E-state index contributed by atoms with van der Waals surface area (Å²) in [7, 11) is 0. The summed E-state index contributed by atoms with van der Waals surface area (Å²) in [5, 5.41) is 1.17. The van der Waals surface area contributed by atoms with Crippen molar-refractivity contribution in [1.82, 2.24) is 4.98 Å². The number of hydrogen-bond donors (Lipinski definition) is 1. The lowest BCUT2D eigenvalue weighted by atomic mass is 10.0. The summed E-state index contributed by atoms with van der Waals surface area (Å²) in [6.45, 7) is 6.88. The van der Waals surface area contributed by atoms with Crippen molar-refractivity contribution in [1.29, 1.82) is 0 Å². The molecule has 1 aromatic carbocycles. The van der Waals surface area contributed by atoms with Crippen LogP contribution in [0.3, 0.4) is 0 Å². The van der Waals surface area contributed by atoms with Crippen molar-refractivity contribution in [2.75, 3.05) is 23.7 Å². The fourth-order valence-electron chi connectivity index (χ4n) is 2.78. The summed E-state index contributed by atoms with van der Waals surface area (Å²) in [6, 6.07) is 8.19. The quantitative estimate of drug-likeness (QED) is 0.781. The molecule has 0 amide bonds. The number of pyridine rings is 1. The van der Waals surface area contributed by atoms with Crippen molar-refractivity contribution in [3.05, 3.63) is 30.5 Å². The second-order valence-corrected chi connectivity index (χ2v) is 5.43. The minimum Gasteiger partial charge on any atom is -0.397 e. The summed E-state index contributed by atoms with van der Waals surface area (Å²) >= 11 is 0. The molecule has 2 N–H and O–H groups in total. The molecule has 1 saturated heterocycles. The van der Waals surface area contributed by atoms with Gasteiger partial charge >= 0.3 is 0 Å². The van der Waals surface area contributed by atoms with Gasteiger partial charge in [0.25, 0.3) is 0 Å². The van der Waals surface area contributed by atoms with Crippen LogP contribution in [0.4, 0.5) is 11.4 Å². The van der Waals surface area contributed by atoms with E-state index in [1.54, 1.807) is 6.20 Å². The average Bonchev–Trinajstić information content (AvgIpc) is 2.70. The van der Waals surface area contributed by atoms with E-state index in [0.29, 0.717) is 0 Å². The van der Waals surface area contributed by atoms with Crippen LogP contribution in [0, 0.1) is 11.8 Å². The van der Waals surface area contributed by atoms with Gasteiger partial charge in [-0.3, -0.25) is 4.98 Å². The van der Waals surface area contributed by atoms with Crippen molar-refractivity contribution < 1.29 is 0 Å². The maximum absolute atomic E-state index is 6.00. The Hall–Kier alpha value is -1.77. The Morgan fingerprint density at radius 2 is 1.89 bits per heavy atom. The molecule has 0 spiro atoms. The van der Waals surface area contributed by atoms with Gasteiger partial charge in [-0.05, 0) is 36.1 Å². The normalized spacial score (nSPS) is 23.8. The Kier molecular flexibility index (Phi) is 2.62. The van der Waals surface area contributed by atoms with Crippen LogP contribution in [0.25, 0.3) is 10.9 Å². The van der Waals surface area contributed by atoms with Gasteiger partial charge in [0.05, 0.1) is 11.2 Å². The lowest BCUT2D eigenvalue weighted by molar-refractivity contribution is 0.494. The van der Waals surface area contributed by atoms with Crippen LogP contribution in [0.15, 0.2) is 30.5 Å². The van der Waals surface area contributed by atoms with Crippen LogP contribution in [0.2, 0.25) is 0 Å². The van der Waals surface area contributed by atoms with Crippen molar-refractivity contribution in [3.63, 3.8) is 0 Å². The molecule has 94 valence electrons. The number of nitrogens with two attached hydrogens (primary N) is 1. The highest BCUT2D eigenvalue weighted by Gasteiger charge is 2.27. The topological polar surface area (TPSA) is 42.1 Å². The molecule has 1 aliphatic heterocycles. The number of nitrogens with zero attached hydrogens (tertiary/aromatic N) is 2. The predicted octanol–water partition coefficient (Wildman–Crippen LogP) is 2.91. The largest absolute Gasteiger partial charge is 0.397 e. The first-order valence-corrected chi connectivity index (χ1v) is 6.55. The molecular formula is C15H19N3. The summed E-state index contributed by atoms with van der Waals surface area (Å²) < 4.78 is 0.